The van der Waals surface area contributed by atoms with Gasteiger partial charge in [-0.25, -0.2) is 0 Å². The first kappa shape index (κ1) is 11.6. The number of benzene rings is 1. The highest BCUT2D eigenvalue weighted by Crippen LogP contribution is 2.14. The topological polar surface area (TPSA) is 33.3 Å². The molecule has 1 atom stereocenters. The molecule has 16 heavy (non-hydrogen) atoms. The molecule has 1 aromatic carbocycles. The first-order valence-electron chi connectivity index (χ1n) is 5.19. The van der Waals surface area contributed by atoms with Crippen LogP contribution in [0.5, 0.6) is 0 Å². The fraction of sp³-hybridized carbons (Fsp3) is 0.364. The van der Waals surface area contributed by atoms with Crippen molar-refractivity contribution >= 4 is 34.6 Å². The monoisotopic (exact) mass is 256 g/mol. The van der Waals surface area contributed by atoms with Gasteiger partial charge in [-0.1, -0.05) is 11.6 Å². The molecule has 0 saturated carbocycles. The van der Waals surface area contributed by atoms with Crippen LogP contribution in [0.1, 0.15) is 12.8 Å². The molecule has 1 fully saturated rings. The van der Waals surface area contributed by atoms with E-state index < -0.39 is 0 Å². The Morgan fingerprint density at radius 1 is 1.38 bits per heavy atom. The summed E-state index contributed by atoms with van der Waals surface area (Å²) in [7, 11) is 0. The average Bonchev–Trinajstić information content (AvgIpc) is 2.74. The van der Waals surface area contributed by atoms with Gasteiger partial charge in [0.15, 0.2) is 5.11 Å². The van der Waals surface area contributed by atoms with Crippen LogP contribution in [-0.2, 0) is 4.74 Å². The van der Waals surface area contributed by atoms with Crippen molar-refractivity contribution in [1.82, 2.24) is 5.32 Å². The van der Waals surface area contributed by atoms with E-state index in [-0.39, 0.29) is 6.23 Å². The highest BCUT2D eigenvalue weighted by atomic mass is 35.5. The molecule has 1 heterocycles. The number of hydrogen-bond donors (Lipinski definition) is 2. The maximum Gasteiger partial charge on any atom is 0.172 e. The van der Waals surface area contributed by atoms with Crippen LogP contribution in [0, 0.1) is 0 Å². The van der Waals surface area contributed by atoms with Crippen molar-refractivity contribution in [2.45, 2.75) is 19.1 Å². The third-order valence-electron chi connectivity index (χ3n) is 2.32. The van der Waals surface area contributed by atoms with Gasteiger partial charge in [-0.15, -0.1) is 0 Å². The zero-order valence-corrected chi connectivity index (χ0v) is 10.3. The van der Waals surface area contributed by atoms with E-state index >= 15 is 0 Å². The van der Waals surface area contributed by atoms with Crippen LogP contribution in [-0.4, -0.2) is 17.9 Å². The van der Waals surface area contributed by atoms with Gasteiger partial charge in [0, 0.05) is 17.3 Å². The largest absolute Gasteiger partial charge is 0.359 e. The fourth-order valence-corrected chi connectivity index (χ4v) is 1.91. The molecule has 0 unspecified atom stereocenters. The predicted molar refractivity (Wildman–Crippen MR) is 69.8 cm³/mol. The first-order valence-corrected chi connectivity index (χ1v) is 5.97. The predicted octanol–water partition coefficient (Wildman–Crippen LogP) is 2.76. The Balaban J connectivity index is 1.84. The Kier molecular flexibility index (Phi) is 3.98. The van der Waals surface area contributed by atoms with Gasteiger partial charge in [0.25, 0.3) is 0 Å². The third-order valence-corrected chi connectivity index (χ3v) is 2.80. The van der Waals surface area contributed by atoms with E-state index in [2.05, 4.69) is 10.6 Å². The van der Waals surface area contributed by atoms with E-state index in [1.54, 1.807) is 0 Å². The summed E-state index contributed by atoms with van der Waals surface area (Å²) in [6.07, 6.45) is 2.14. The van der Waals surface area contributed by atoms with Crippen LogP contribution >= 0.6 is 23.8 Å². The summed E-state index contributed by atoms with van der Waals surface area (Å²) < 4.78 is 5.42. The van der Waals surface area contributed by atoms with E-state index in [1.165, 1.54) is 0 Å². The molecule has 0 aliphatic carbocycles. The van der Waals surface area contributed by atoms with Gasteiger partial charge in [-0.3, -0.25) is 0 Å². The van der Waals surface area contributed by atoms with E-state index in [0.717, 1.165) is 25.1 Å². The average molecular weight is 257 g/mol. The Labute approximate surface area is 105 Å². The standard InChI is InChI=1S/C11H13ClN2OS/c12-8-3-5-9(6-4-8)13-11(16)14-10-2-1-7-15-10/h3-6,10H,1-2,7H2,(H2,13,14,16)/t10-/m0/s1. The highest BCUT2D eigenvalue weighted by molar-refractivity contribution is 7.80. The molecule has 1 saturated heterocycles. The van der Waals surface area contributed by atoms with Crippen molar-refractivity contribution in [2.24, 2.45) is 0 Å². The molecule has 1 aliphatic heterocycles. The SMILES string of the molecule is S=C(Nc1ccc(Cl)cc1)N[C@@H]1CCCO1. The number of hydrogen-bond acceptors (Lipinski definition) is 2. The molecule has 0 bridgehead atoms. The molecule has 1 aliphatic rings. The Bertz CT molecular complexity index is 363. The molecule has 5 heteroatoms. The summed E-state index contributed by atoms with van der Waals surface area (Å²) in [5, 5.41) is 7.47. The van der Waals surface area contributed by atoms with Crippen LogP contribution in [0.15, 0.2) is 24.3 Å². The van der Waals surface area contributed by atoms with Crippen LogP contribution < -0.4 is 10.6 Å². The molecule has 0 spiro atoms. The molecule has 0 radical (unpaired) electrons. The van der Waals surface area contributed by atoms with E-state index in [9.17, 15) is 0 Å². The van der Waals surface area contributed by atoms with Gasteiger partial charge in [0.1, 0.15) is 6.23 Å². The Morgan fingerprint density at radius 3 is 2.75 bits per heavy atom. The molecular weight excluding hydrogens is 244 g/mol. The number of nitrogens with one attached hydrogen (secondary N) is 2. The quantitative estimate of drug-likeness (QED) is 0.798. The fourth-order valence-electron chi connectivity index (χ4n) is 1.54. The minimum atomic E-state index is 0.0484. The molecule has 2 N–H and O–H groups in total. The number of rotatable bonds is 2. The lowest BCUT2D eigenvalue weighted by Gasteiger charge is -2.15. The molecular formula is C11H13ClN2OS. The third kappa shape index (κ3) is 3.33. The van der Waals surface area contributed by atoms with Crippen molar-refractivity contribution in [3.63, 3.8) is 0 Å². The van der Waals surface area contributed by atoms with E-state index in [1.807, 2.05) is 24.3 Å². The summed E-state index contributed by atoms with van der Waals surface area (Å²) in [5.41, 5.74) is 0.917. The summed E-state index contributed by atoms with van der Waals surface area (Å²) in [6, 6.07) is 7.40. The lowest BCUT2D eigenvalue weighted by atomic mass is 10.3. The number of thiocarbonyl (C=S) groups is 1. The second-order valence-corrected chi connectivity index (χ2v) is 4.45. The Hall–Kier alpha value is -0.840. The van der Waals surface area contributed by atoms with Crippen LogP contribution in [0.4, 0.5) is 5.69 Å². The van der Waals surface area contributed by atoms with Crippen LogP contribution in [0.2, 0.25) is 5.02 Å². The van der Waals surface area contributed by atoms with Gasteiger partial charge in [-0.2, -0.15) is 0 Å². The highest BCUT2D eigenvalue weighted by Gasteiger charge is 2.15. The van der Waals surface area contributed by atoms with E-state index in [4.69, 9.17) is 28.6 Å². The van der Waals surface area contributed by atoms with Crippen LogP contribution in [0.3, 0.4) is 0 Å². The van der Waals surface area contributed by atoms with Crippen molar-refractivity contribution in [3.05, 3.63) is 29.3 Å². The maximum absolute atomic E-state index is 5.79. The molecule has 2 rings (SSSR count). The van der Waals surface area contributed by atoms with Gasteiger partial charge in [0.05, 0.1) is 0 Å². The maximum atomic E-state index is 5.79. The summed E-state index contributed by atoms with van der Waals surface area (Å²) in [6.45, 7) is 0.807. The summed E-state index contributed by atoms with van der Waals surface area (Å²) in [5.74, 6) is 0. The first-order chi connectivity index (χ1) is 7.74. The van der Waals surface area contributed by atoms with Crippen molar-refractivity contribution in [3.8, 4) is 0 Å². The van der Waals surface area contributed by atoms with Crippen molar-refractivity contribution < 1.29 is 4.74 Å². The lowest BCUT2D eigenvalue weighted by Crippen LogP contribution is -2.37. The number of anilines is 1. The smallest absolute Gasteiger partial charge is 0.172 e. The van der Waals surface area contributed by atoms with Crippen molar-refractivity contribution in [1.29, 1.82) is 0 Å². The zero-order chi connectivity index (χ0) is 11.4. The van der Waals surface area contributed by atoms with Gasteiger partial charge in [0.2, 0.25) is 0 Å². The molecule has 3 nitrogen and oxygen atoms in total. The molecule has 86 valence electrons. The minimum Gasteiger partial charge on any atom is -0.359 e. The molecule has 0 amide bonds. The van der Waals surface area contributed by atoms with Gasteiger partial charge >= 0.3 is 0 Å². The van der Waals surface area contributed by atoms with Crippen molar-refractivity contribution in [2.75, 3.05) is 11.9 Å². The molecule has 0 aromatic heterocycles. The second-order valence-electron chi connectivity index (χ2n) is 3.61. The van der Waals surface area contributed by atoms with Gasteiger partial charge < -0.3 is 15.4 Å². The summed E-state index contributed by atoms with van der Waals surface area (Å²) >= 11 is 11.0. The number of ether oxygens (including phenoxy) is 1. The normalized spacial score (nSPS) is 19.4. The number of halogens is 1. The second kappa shape index (κ2) is 5.48. The molecule has 1 aromatic rings. The van der Waals surface area contributed by atoms with E-state index in [0.29, 0.717) is 10.1 Å². The Morgan fingerprint density at radius 2 is 2.12 bits per heavy atom. The van der Waals surface area contributed by atoms with Crippen LogP contribution in [0.25, 0.3) is 0 Å². The minimum absolute atomic E-state index is 0.0484. The zero-order valence-electron chi connectivity index (χ0n) is 8.70. The summed E-state index contributed by atoms with van der Waals surface area (Å²) in [4.78, 5) is 0. The van der Waals surface area contributed by atoms with Gasteiger partial charge in [-0.05, 0) is 49.3 Å². The lowest BCUT2D eigenvalue weighted by molar-refractivity contribution is 0.101.